The van der Waals surface area contributed by atoms with E-state index in [-0.39, 0.29) is 36.0 Å². The number of carbonyl (C=O) groups is 1. The molecular formula is C24H26N4O5. The Kier molecular flexibility index (Phi) is 5.20. The van der Waals surface area contributed by atoms with Crippen LogP contribution in [0.5, 0.6) is 11.5 Å². The fourth-order valence-corrected chi connectivity index (χ4v) is 4.25. The number of benzene rings is 2. The summed E-state index contributed by atoms with van der Waals surface area (Å²) in [6.07, 6.45) is 0.410. The van der Waals surface area contributed by atoms with Gasteiger partial charge in [-0.3, -0.25) is 9.89 Å². The molecule has 0 aliphatic carbocycles. The van der Waals surface area contributed by atoms with E-state index in [2.05, 4.69) is 15.2 Å². The number of nitrogens with zero attached hydrogens (tertiary/aromatic N) is 3. The number of nitrogens with one attached hydrogen (secondary N) is 1. The molecule has 2 aromatic carbocycles. The molecule has 0 spiro atoms. The lowest BCUT2D eigenvalue weighted by atomic mass is 10.1. The maximum Gasteiger partial charge on any atom is 0.258 e. The smallest absolute Gasteiger partial charge is 0.258 e. The fraction of sp³-hybridized carbons (Fsp3) is 0.375. The van der Waals surface area contributed by atoms with Gasteiger partial charge in [-0.1, -0.05) is 6.07 Å². The van der Waals surface area contributed by atoms with Gasteiger partial charge in [0.25, 0.3) is 5.91 Å². The number of phenolic OH excluding ortho intramolecular Hbond substituents is 1. The minimum atomic E-state index is -0.258. The van der Waals surface area contributed by atoms with Crippen molar-refractivity contribution < 1.29 is 24.5 Å². The molecule has 0 fully saturated rings. The van der Waals surface area contributed by atoms with E-state index in [0.717, 1.165) is 16.5 Å². The number of ether oxygens (including phenoxy) is 2. The molecule has 9 heteroatoms. The van der Waals surface area contributed by atoms with Gasteiger partial charge in [0.2, 0.25) is 0 Å². The van der Waals surface area contributed by atoms with Crippen LogP contribution in [0.3, 0.4) is 0 Å². The van der Waals surface area contributed by atoms with E-state index < -0.39 is 0 Å². The summed E-state index contributed by atoms with van der Waals surface area (Å²) < 4.78 is 11.2. The predicted octanol–water partition coefficient (Wildman–Crippen LogP) is 2.55. The zero-order valence-corrected chi connectivity index (χ0v) is 18.6. The topological polar surface area (TPSA) is 120 Å². The number of hydrogen-bond donors (Lipinski definition) is 3. The van der Waals surface area contributed by atoms with Gasteiger partial charge in [0, 0.05) is 24.5 Å². The average molecular weight is 450 g/mol. The third-order valence-corrected chi connectivity index (χ3v) is 5.87. The van der Waals surface area contributed by atoms with Crippen molar-refractivity contribution in [1.29, 1.82) is 0 Å². The Hall–Kier alpha value is -3.59. The van der Waals surface area contributed by atoms with Crippen molar-refractivity contribution in [3.8, 4) is 11.5 Å². The number of carbonyl (C=O) groups excluding carboxylic acids is 1. The molecule has 9 nitrogen and oxygen atoms in total. The maximum atomic E-state index is 13.3. The van der Waals surface area contributed by atoms with E-state index >= 15 is 0 Å². The van der Waals surface area contributed by atoms with Crippen LogP contribution in [0.4, 0.5) is 0 Å². The van der Waals surface area contributed by atoms with Gasteiger partial charge in [0.1, 0.15) is 24.7 Å². The summed E-state index contributed by atoms with van der Waals surface area (Å²) in [6.45, 7) is 5.57. The lowest BCUT2D eigenvalue weighted by molar-refractivity contribution is 0.0748. The molecule has 2 aliphatic rings. The molecule has 3 heterocycles. The molecule has 0 atom stereocenters. The lowest BCUT2D eigenvalue weighted by Gasteiger charge is -2.16. The minimum Gasteiger partial charge on any atom is -0.507 e. The highest BCUT2D eigenvalue weighted by Crippen LogP contribution is 2.32. The number of aliphatic hydroxyl groups excluding tert-OH is 1. The Morgan fingerprint density at radius 1 is 1.24 bits per heavy atom. The van der Waals surface area contributed by atoms with Gasteiger partial charge in [-0.2, -0.15) is 5.10 Å². The number of aliphatic hydroxyl groups is 1. The first kappa shape index (κ1) is 21.3. The number of hydrogen-bond acceptors (Lipinski definition) is 7. The van der Waals surface area contributed by atoms with E-state index in [9.17, 15) is 9.90 Å². The Morgan fingerprint density at radius 2 is 2.06 bits per heavy atom. The number of aromatic hydroxyl groups is 1. The average Bonchev–Trinajstić information content (AvgIpc) is 3.47. The first-order chi connectivity index (χ1) is 15.8. The summed E-state index contributed by atoms with van der Waals surface area (Å²) in [5.41, 5.74) is 3.35. The Bertz CT molecular complexity index is 1260. The second kappa shape index (κ2) is 8.08. The Morgan fingerprint density at radius 3 is 2.82 bits per heavy atom. The second-order valence-corrected chi connectivity index (χ2v) is 9.03. The number of amides is 1. The number of phenols is 1. The molecule has 2 aliphatic heterocycles. The summed E-state index contributed by atoms with van der Waals surface area (Å²) >= 11 is 0. The fourth-order valence-electron chi connectivity index (χ4n) is 4.25. The summed E-state index contributed by atoms with van der Waals surface area (Å²) in [5.74, 6) is 0.917. The molecule has 3 N–H and O–H groups in total. The van der Waals surface area contributed by atoms with Gasteiger partial charge in [-0.15, -0.1) is 0 Å². The minimum absolute atomic E-state index is 0.0588. The standard InChI is InChI=1S/C24H26N4O5/c1-24(2)13-33-22(25-24)10-20-17-8-18(21(30)9-19(17)26-27-20)23(31)28-11-14-3-4-16(32-6-5-29)7-15(14)12-28/h3-4,7-9,29-30H,5-6,10-13H2,1-2H3,(H,26,27). The van der Waals surface area contributed by atoms with Gasteiger partial charge in [-0.05, 0) is 43.2 Å². The van der Waals surface area contributed by atoms with Gasteiger partial charge < -0.3 is 24.6 Å². The van der Waals surface area contributed by atoms with E-state index in [1.54, 1.807) is 11.0 Å². The summed E-state index contributed by atoms with van der Waals surface area (Å²) in [4.78, 5) is 19.6. The quantitative estimate of drug-likeness (QED) is 0.531. The number of H-pyrrole nitrogens is 1. The third-order valence-electron chi connectivity index (χ3n) is 5.87. The van der Waals surface area contributed by atoms with Crippen LogP contribution in [0.15, 0.2) is 35.3 Å². The van der Waals surface area contributed by atoms with Crippen LogP contribution < -0.4 is 4.74 Å². The van der Waals surface area contributed by atoms with E-state index in [1.807, 2.05) is 32.0 Å². The summed E-state index contributed by atoms with van der Waals surface area (Å²) in [5, 5.41) is 27.6. The Balaban J connectivity index is 1.39. The molecule has 33 heavy (non-hydrogen) atoms. The van der Waals surface area contributed by atoms with Crippen molar-refractivity contribution in [1.82, 2.24) is 15.1 Å². The number of aliphatic imine (C=N–C) groups is 1. The monoisotopic (exact) mass is 450 g/mol. The van der Waals surface area contributed by atoms with Crippen LogP contribution >= 0.6 is 0 Å². The van der Waals surface area contributed by atoms with Crippen molar-refractivity contribution in [2.24, 2.45) is 4.99 Å². The molecule has 3 aromatic rings. The van der Waals surface area contributed by atoms with Crippen molar-refractivity contribution >= 4 is 22.7 Å². The van der Waals surface area contributed by atoms with E-state index in [0.29, 0.717) is 49.0 Å². The van der Waals surface area contributed by atoms with E-state index in [4.69, 9.17) is 14.6 Å². The highest BCUT2D eigenvalue weighted by molar-refractivity contribution is 6.02. The molecule has 172 valence electrons. The summed E-state index contributed by atoms with van der Waals surface area (Å²) in [6, 6.07) is 8.87. The van der Waals surface area contributed by atoms with Crippen LogP contribution in [-0.2, 0) is 24.2 Å². The highest BCUT2D eigenvalue weighted by atomic mass is 16.5. The summed E-state index contributed by atoms with van der Waals surface area (Å²) in [7, 11) is 0. The van der Waals surface area contributed by atoms with Gasteiger partial charge in [0.15, 0.2) is 5.90 Å². The van der Waals surface area contributed by atoms with Crippen molar-refractivity contribution in [2.75, 3.05) is 19.8 Å². The lowest BCUT2D eigenvalue weighted by Crippen LogP contribution is -2.25. The van der Waals surface area contributed by atoms with Gasteiger partial charge in [0.05, 0.1) is 35.3 Å². The number of aromatic nitrogens is 2. The molecule has 0 unspecified atom stereocenters. The van der Waals surface area contributed by atoms with Crippen LogP contribution in [0.1, 0.15) is 41.0 Å². The number of rotatable bonds is 6. The van der Waals surface area contributed by atoms with Crippen molar-refractivity contribution in [3.63, 3.8) is 0 Å². The number of aromatic amines is 1. The zero-order chi connectivity index (χ0) is 23.2. The van der Waals surface area contributed by atoms with Crippen molar-refractivity contribution in [3.05, 3.63) is 52.7 Å². The molecule has 1 aromatic heterocycles. The predicted molar refractivity (Wildman–Crippen MR) is 122 cm³/mol. The number of fused-ring (bicyclic) bond motifs is 2. The van der Waals surface area contributed by atoms with Crippen LogP contribution in [-0.4, -0.2) is 62.5 Å². The molecule has 0 saturated carbocycles. The molecule has 0 bridgehead atoms. The largest absolute Gasteiger partial charge is 0.507 e. The van der Waals surface area contributed by atoms with Gasteiger partial charge >= 0.3 is 0 Å². The maximum absolute atomic E-state index is 13.3. The molecule has 0 saturated heterocycles. The highest BCUT2D eigenvalue weighted by Gasteiger charge is 2.29. The normalized spacial score (nSPS) is 16.6. The van der Waals surface area contributed by atoms with Crippen molar-refractivity contribution in [2.45, 2.75) is 38.9 Å². The van der Waals surface area contributed by atoms with E-state index in [1.165, 1.54) is 6.07 Å². The Labute approximate surface area is 190 Å². The molecular weight excluding hydrogens is 424 g/mol. The first-order valence-electron chi connectivity index (χ1n) is 10.9. The zero-order valence-electron chi connectivity index (χ0n) is 18.6. The molecule has 0 radical (unpaired) electrons. The molecule has 5 rings (SSSR count). The van der Waals surface area contributed by atoms with Crippen LogP contribution in [0.25, 0.3) is 10.9 Å². The molecule has 1 amide bonds. The first-order valence-corrected chi connectivity index (χ1v) is 10.9. The van der Waals surface area contributed by atoms with Crippen LogP contribution in [0, 0.1) is 0 Å². The second-order valence-electron chi connectivity index (χ2n) is 9.03. The van der Waals surface area contributed by atoms with Gasteiger partial charge in [-0.25, -0.2) is 4.99 Å². The van der Waals surface area contributed by atoms with Crippen LogP contribution in [0.2, 0.25) is 0 Å². The third kappa shape index (κ3) is 4.11. The SMILES string of the molecule is CC1(C)COC(Cc2n[nH]c3cc(O)c(C(=O)N4Cc5ccc(OCCO)cc5C4)cc23)=N1.